The minimum absolute atomic E-state index is 0.0102. The van der Waals surface area contributed by atoms with Gasteiger partial charge in [-0.3, -0.25) is 9.59 Å². The number of aliphatic hydroxyl groups is 2. The van der Waals surface area contributed by atoms with Gasteiger partial charge in [0.2, 0.25) is 5.91 Å². The number of rotatable bonds is 66. The highest BCUT2D eigenvalue weighted by atomic mass is 16.5. The monoisotopic (exact) mass is 1100 g/mol. The minimum Gasteiger partial charge on any atom is -0.466 e. The quantitative estimate of drug-likeness (QED) is 0.0320. The summed E-state index contributed by atoms with van der Waals surface area (Å²) in [6.45, 7) is 4.95. The van der Waals surface area contributed by atoms with Crippen LogP contribution in [0.1, 0.15) is 386 Å². The fraction of sp³-hybridized carbons (Fsp3) is 0.889. The van der Waals surface area contributed by atoms with Gasteiger partial charge in [0, 0.05) is 12.8 Å². The van der Waals surface area contributed by atoms with Crippen LogP contribution in [0.2, 0.25) is 0 Å². The number of aliphatic hydroxyl groups excluding tert-OH is 2. The van der Waals surface area contributed by atoms with E-state index in [1.807, 2.05) is 0 Å². The van der Waals surface area contributed by atoms with E-state index in [1.165, 1.54) is 302 Å². The zero-order valence-electron chi connectivity index (χ0n) is 52.7. The smallest absolute Gasteiger partial charge is 0.305 e. The number of unbranched alkanes of at least 4 members (excludes halogenated alkanes) is 49. The Balaban J connectivity index is 3.34. The van der Waals surface area contributed by atoms with Crippen molar-refractivity contribution < 1.29 is 24.5 Å². The Morgan fingerprint density at radius 2 is 0.641 bits per heavy atom. The van der Waals surface area contributed by atoms with Crippen molar-refractivity contribution in [2.45, 2.75) is 398 Å². The summed E-state index contributed by atoms with van der Waals surface area (Å²) in [7, 11) is 0. The molecule has 0 aromatic rings. The van der Waals surface area contributed by atoms with E-state index in [0.29, 0.717) is 25.9 Å². The zero-order valence-corrected chi connectivity index (χ0v) is 52.7. The molecule has 0 bridgehead atoms. The van der Waals surface area contributed by atoms with Gasteiger partial charge < -0.3 is 20.3 Å². The van der Waals surface area contributed by atoms with E-state index in [4.69, 9.17) is 4.74 Å². The number of allylic oxidation sites excluding steroid dienone is 6. The summed E-state index contributed by atoms with van der Waals surface area (Å²) in [6.07, 6.45) is 86.3. The third kappa shape index (κ3) is 63.3. The first-order valence-electron chi connectivity index (χ1n) is 35.2. The van der Waals surface area contributed by atoms with Gasteiger partial charge in [-0.2, -0.15) is 0 Å². The van der Waals surface area contributed by atoms with Crippen LogP contribution in [0.5, 0.6) is 0 Å². The summed E-state index contributed by atoms with van der Waals surface area (Å²) in [5.41, 5.74) is 0. The lowest BCUT2D eigenvalue weighted by Gasteiger charge is -2.22. The van der Waals surface area contributed by atoms with Crippen molar-refractivity contribution in [3.8, 4) is 0 Å². The first-order chi connectivity index (χ1) is 38.5. The molecule has 0 radical (unpaired) electrons. The predicted octanol–water partition coefficient (Wildman–Crippen LogP) is 22.7. The number of ether oxygens (including phenoxy) is 1. The number of hydrogen-bond acceptors (Lipinski definition) is 5. The maximum Gasteiger partial charge on any atom is 0.305 e. The standard InChI is InChI=1S/C72H137NO5/c1-3-5-7-9-11-13-15-17-18-34-38-42-46-50-54-58-62-66-72(77)78-67-63-59-55-51-47-43-39-36-33-31-29-27-25-23-21-19-20-22-24-26-28-30-32-35-37-41-45-49-53-57-61-65-71(76)73-69(68-74)70(75)64-60-56-52-48-44-40-16-14-12-10-8-6-4-2/h11,13,17-18,21,23,69-70,74-75H,3-10,12,14-16,19-20,22,24-68H2,1-2H3,(H,73,76)/b13-11-,18-17-,23-21-. The molecule has 0 aliphatic heterocycles. The lowest BCUT2D eigenvalue weighted by atomic mass is 10.0. The van der Waals surface area contributed by atoms with Crippen molar-refractivity contribution in [2.24, 2.45) is 0 Å². The van der Waals surface area contributed by atoms with E-state index in [9.17, 15) is 19.8 Å². The second-order valence-corrected chi connectivity index (χ2v) is 24.2. The maximum atomic E-state index is 12.5. The Morgan fingerprint density at radius 1 is 0.359 bits per heavy atom. The predicted molar refractivity (Wildman–Crippen MR) is 343 cm³/mol. The van der Waals surface area contributed by atoms with Crippen LogP contribution in [0.15, 0.2) is 36.5 Å². The van der Waals surface area contributed by atoms with Crippen LogP contribution in [-0.4, -0.2) is 47.4 Å². The van der Waals surface area contributed by atoms with Gasteiger partial charge in [0.15, 0.2) is 0 Å². The summed E-state index contributed by atoms with van der Waals surface area (Å²) in [5, 5.41) is 23.3. The van der Waals surface area contributed by atoms with Gasteiger partial charge in [-0.1, -0.05) is 326 Å². The lowest BCUT2D eigenvalue weighted by molar-refractivity contribution is -0.143. The molecule has 0 spiro atoms. The lowest BCUT2D eigenvalue weighted by Crippen LogP contribution is -2.45. The van der Waals surface area contributed by atoms with Crippen LogP contribution < -0.4 is 5.32 Å². The normalized spacial score (nSPS) is 12.7. The van der Waals surface area contributed by atoms with E-state index in [1.54, 1.807) is 0 Å². The molecule has 0 heterocycles. The molecular weight excluding hydrogens is 959 g/mol. The Bertz CT molecular complexity index is 1260. The molecule has 1 amide bonds. The molecule has 0 rings (SSSR count). The zero-order chi connectivity index (χ0) is 56.4. The first-order valence-corrected chi connectivity index (χ1v) is 35.2. The molecule has 0 aromatic carbocycles. The van der Waals surface area contributed by atoms with Crippen LogP contribution >= 0.6 is 0 Å². The van der Waals surface area contributed by atoms with E-state index >= 15 is 0 Å². The topological polar surface area (TPSA) is 95.9 Å². The first kappa shape index (κ1) is 76.1. The van der Waals surface area contributed by atoms with Crippen molar-refractivity contribution in [2.75, 3.05) is 13.2 Å². The van der Waals surface area contributed by atoms with Gasteiger partial charge in [-0.25, -0.2) is 0 Å². The molecule has 2 atom stereocenters. The maximum absolute atomic E-state index is 12.5. The average Bonchev–Trinajstić information content (AvgIpc) is 3.44. The van der Waals surface area contributed by atoms with Crippen molar-refractivity contribution in [3.63, 3.8) is 0 Å². The van der Waals surface area contributed by atoms with Crippen molar-refractivity contribution in [3.05, 3.63) is 36.5 Å². The van der Waals surface area contributed by atoms with Crippen LogP contribution in [0.25, 0.3) is 0 Å². The van der Waals surface area contributed by atoms with E-state index < -0.39 is 12.1 Å². The summed E-state index contributed by atoms with van der Waals surface area (Å²) in [4.78, 5) is 24.6. The number of carbonyl (C=O) groups excluding carboxylic acids is 2. The van der Waals surface area contributed by atoms with Crippen LogP contribution in [0.3, 0.4) is 0 Å². The molecule has 78 heavy (non-hydrogen) atoms. The molecule has 6 heteroatoms. The number of nitrogens with one attached hydrogen (secondary N) is 1. The molecule has 3 N–H and O–H groups in total. The molecular formula is C72H137NO5. The molecule has 6 nitrogen and oxygen atoms in total. The Morgan fingerprint density at radius 3 is 1.01 bits per heavy atom. The van der Waals surface area contributed by atoms with Crippen molar-refractivity contribution >= 4 is 11.9 Å². The summed E-state index contributed by atoms with van der Waals surface area (Å²) in [5.74, 6) is -0.0210. The second-order valence-electron chi connectivity index (χ2n) is 24.2. The molecule has 0 fully saturated rings. The SMILES string of the molecule is CCCCC/C=C\C/C=C\CCCCCCCCCC(=O)OCCCCCCCCCCCCCC/C=C\CCCCCCCCCCCCCCCCCC(=O)NC(CO)C(O)CCCCCCCCCCCCCCC. The van der Waals surface area contributed by atoms with E-state index in [-0.39, 0.29) is 18.5 Å². The minimum atomic E-state index is -0.662. The Kier molecular flexibility index (Phi) is 65.9. The number of esters is 1. The van der Waals surface area contributed by atoms with Gasteiger partial charge in [0.25, 0.3) is 0 Å². The Labute approximate surface area is 487 Å². The number of hydrogen-bond donors (Lipinski definition) is 3. The van der Waals surface area contributed by atoms with Crippen LogP contribution in [0, 0.1) is 0 Å². The highest BCUT2D eigenvalue weighted by Crippen LogP contribution is 2.18. The van der Waals surface area contributed by atoms with Gasteiger partial charge in [-0.15, -0.1) is 0 Å². The summed E-state index contributed by atoms with van der Waals surface area (Å²) >= 11 is 0. The van der Waals surface area contributed by atoms with Gasteiger partial charge in [0.1, 0.15) is 0 Å². The molecule has 0 aromatic heterocycles. The molecule has 2 unspecified atom stereocenters. The second kappa shape index (κ2) is 67.6. The molecule has 460 valence electrons. The molecule has 0 saturated carbocycles. The fourth-order valence-electron chi connectivity index (χ4n) is 11.0. The van der Waals surface area contributed by atoms with Crippen LogP contribution in [0.4, 0.5) is 0 Å². The molecule has 0 aliphatic carbocycles. The molecule has 0 aliphatic rings. The molecule has 0 saturated heterocycles. The summed E-state index contributed by atoms with van der Waals surface area (Å²) in [6, 6.07) is -0.539. The highest BCUT2D eigenvalue weighted by molar-refractivity contribution is 5.76. The van der Waals surface area contributed by atoms with Crippen molar-refractivity contribution in [1.29, 1.82) is 0 Å². The van der Waals surface area contributed by atoms with Crippen LogP contribution in [-0.2, 0) is 14.3 Å². The van der Waals surface area contributed by atoms with Gasteiger partial charge in [0.05, 0.1) is 25.4 Å². The summed E-state index contributed by atoms with van der Waals surface area (Å²) < 4.78 is 5.50. The van der Waals surface area contributed by atoms with Gasteiger partial charge in [-0.05, 0) is 83.5 Å². The van der Waals surface area contributed by atoms with E-state index in [0.717, 1.165) is 51.4 Å². The van der Waals surface area contributed by atoms with Crippen molar-refractivity contribution in [1.82, 2.24) is 5.32 Å². The average molecular weight is 1100 g/mol. The number of amides is 1. The largest absolute Gasteiger partial charge is 0.466 e. The van der Waals surface area contributed by atoms with E-state index in [2.05, 4.69) is 55.6 Å². The highest BCUT2D eigenvalue weighted by Gasteiger charge is 2.20. The number of carbonyl (C=O) groups is 2. The Hall–Kier alpha value is -1.92. The van der Waals surface area contributed by atoms with Gasteiger partial charge >= 0.3 is 5.97 Å². The third-order valence-electron chi connectivity index (χ3n) is 16.4. The fourth-order valence-corrected chi connectivity index (χ4v) is 11.0. The third-order valence-corrected chi connectivity index (χ3v) is 16.4.